The summed E-state index contributed by atoms with van der Waals surface area (Å²) in [6, 6.07) is 9.28. The normalized spacial score (nSPS) is 15.3. The van der Waals surface area contributed by atoms with Crippen LogP contribution < -0.4 is 5.32 Å². The molecule has 0 atom stereocenters. The molecular weight excluding hydrogens is 336 g/mol. The summed E-state index contributed by atoms with van der Waals surface area (Å²) in [5, 5.41) is 2.88. The molecule has 1 aromatic heterocycles. The Labute approximate surface area is 131 Å². The van der Waals surface area contributed by atoms with E-state index in [0.29, 0.717) is 24.6 Å². The highest BCUT2D eigenvalue weighted by atomic mass is 79.9. The largest absolute Gasteiger partial charge is 0.346 e. The number of carbonyl (C=O) groups is 1. The molecule has 1 N–H and O–H groups in total. The fourth-order valence-electron chi connectivity index (χ4n) is 2.26. The number of rotatable bonds is 3. The number of hydrogen-bond donors (Lipinski definition) is 1. The van der Waals surface area contributed by atoms with Crippen LogP contribution in [0.15, 0.2) is 41.0 Å². The topological polar surface area (TPSA) is 52.5 Å². The van der Waals surface area contributed by atoms with Crippen molar-refractivity contribution in [2.75, 3.05) is 18.5 Å². The third-order valence-electron chi connectivity index (χ3n) is 3.24. The van der Waals surface area contributed by atoms with Gasteiger partial charge in [0.1, 0.15) is 5.69 Å². The Bertz CT molecular complexity index is 663. The van der Waals surface area contributed by atoms with E-state index < -0.39 is 0 Å². The van der Waals surface area contributed by atoms with Crippen molar-refractivity contribution >= 4 is 27.5 Å². The van der Waals surface area contributed by atoms with Gasteiger partial charge in [-0.25, -0.2) is 0 Å². The van der Waals surface area contributed by atoms with Gasteiger partial charge in [0.2, 0.25) is 0 Å². The maximum atomic E-state index is 12.3. The number of amides is 1. The zero-order chi connectivity index (χ0) is 14.8. The van der Waals surface area contributed by atoms with Crippen molar-refractivity contribution in [3.63, 3.8) is 0 Å². The van der Waals surface area contributed by atoms with E-state index in [1.807, 2.05) is 37.5 Å². The lowest BCUT2D eigenvalue weighted by Crippen LogP contribution is -2.15. The maximum Gasteiger partial charge on any atom is 0.272 e. The third-order valence-corrected chi connectivity index (χ3v) is 3.68. The molecule has 1 aliphatic heterocycles. The molecule has 1 amide bonds. The summed E-state index contributed by atoms with van der Waals surface area (Å²) in [6.45, 7) is 1.19. The van der Waals surface area contributed by atoms with Crippen LogP contribution in [0.25, 0.3) is 0 Å². The molecule has 1 fully saturated rings. The zero-order valence-electron chi connectivity index (χ0n) is 11.5. The number of hydrogen-bond acceptors (Lipinski definition) is 3. The molecule has 0 spiro atoms. The quantitative estimate of drug-likeness (QED) is 0.925. The summed E-state index contributed by atoms with van der Waals surface area (Å²) in [7, 11) is 1.83. The van der Waals surface area contributed by atoms with Crippen molar-refractivity contribution in [1.82, 2.24) is 4.57 Å². The van der Waals surface area contributed by atoms with Crippen molar-refractivity contribution in [2.24, 2.45) is 7.05 Å². The summed E-state index contributed by atoms with van der Waals surface area (Å²) >= 11 is 3.36. The first-order chi connectivity index (χ1) is 10.1. The lowest BCUT2D eigenvalue weighted by molar-refractivity contribution is -0.0440. The Morgan fingerprint density at radius 1 is 1.33 bits per heavy atom. The number of benzene rings is 1. The summed E-state index contributed by atoms with van der Waals surface area (Å²) < 4.78 is 13.6. The smallest absolute Gasteiger partial charge is 0.272 e. The maximum absolute atomic E-state index is 12.3. The number of nitrogens with zero attached hydrogens (tertiary/aromatic N) is 1. The van der Waals surface area contributed by atoms with Crippen molar-refractivity contribution in [1.29, 1.82) is 0 Å². The van der Waals surface area contributed by atoms with Crippen LogP contribution in [0.4, 0.5) is 5.69 Å². The molecule has 110 valence electrons. The van der Waals surface area contributed by atoms with Gasteiger partial charge in [-0.15, -0.1) is 0 Å². The van der Waals surface area contributed by atoms with Crippen LogP contribution in [0.5, 0.6) is 0 Å². The van der Waals surface area contributed by atoms with Gasteiger partial charge in [-0.3, -0.25) is 4.79 Å². The molecule has 0 radical (unpaired) electrons. The first-order valence-electron chi connectivity index (χ1n) is 6.60. The van der Waals surface area contributed by atoms with Crippen LogP contribution in [0.2, 0.25) is 0 Å². The number of halogens is 1. The minimum Gasteiger partial charge on any atom is -0.346 e. The third kappa shape index (κ3) is 3.18. The minimum atomic E-state index is -0.342. The van der Waals surface area contributed by atoms with Crippen molar-refractivity contribution in [2.45, 2.75) is 6.29 Å². The van der Waals surface area contributed by atoms with Gasteiger partial charge in [0.25, 0.3) is 5.91 Å². The Morgan fingerprint density at radius 2 is 2.10 bits per heavy atom. The first-order valence-corrected chi connectivity index (χ1v) is 7.39. The number of carbonyl (C=O) groups excluding carboxylic acids is 1. The minimum absolute atomic E-state index is 0.159. The number of anilines is 1. The van der Waals surface area contributed by atoms with Gasteiger partial charge >= 0.3 is 0 Å². The first kappa shape index (κ1) is 14.3. The Balaban J connectivity index is 1.77. The molecule has 1 aliphatic rings. The molecule has 0 bridgehead atoms. The lowest BCUT2D eigenvalue weighted by atomic mass is 10.2. The second kappa shape index (κ2) is 6.01. The molecule has 0 unspecified atom stereocenters. The molecule has 3 rings (SSSR count). The van der Waals surface area contributed by atoms with Crippen LogP contribution in [-0.4, -0.2) is 23.7 Å². The summed E-state index contributed by atoms with van der Waals surface area (Å²) in [4.78, 5) is 12.3. The number of aryl methyl sites for hydroxylation is 1. The van der Waals surface area contributed by atoms with E-state index in [1.54, 1.807) is 10.6 Å². The fourth-order valence-corrected chi connectivity index (χ4v) is 2.78. The number of nitrogens with one attached hydrogen (secondary N) is 1. The predicted octanol–water partition coefficient (Wildman–Crippen LogP) is 3.09. The van der Waals surface area contributed by atoms with E-state index >= 15 is 0 Å². The highest BCUT2D eigenvalue weighted by Gasteiger charge is 2.19. The van der Waals surface area contributed by atoms with E-state index in [0.717, 1.165) is 10.0 Å². The van der Waals surface area contributed by atoms with Crippen LogP contribution in [0.1, 0.15) is 22.3 Å². The van der Waals surface area contributed by atoms with Gasteiger partial charge in [0.15, 0.2) is 6.29 Å². The van der Waals surface area contributed by atoms with E-state index in [1.165, 1.54) is 0 Å². The Morgan fingerprint density at radius 3 is 2.76 bits per heavy atom. The molecule has 2 heterocycles. The average molecular weight is 351 g/mol. The molecule has 0 aliphatic carbocycles. The van der Waals surface area contributed by atoms with Crippen molar-refractivity contribution < 1.29 is 14.3 Å². The fraction of sp³-hybridized carbons (Fsp3) is 0.267. The number of ether oxygens (including phenoxy) is 2. The average Bonchev–Trinajstić information content (AvgIpc) is 3.08. The molecule has 21 heavy (non-hydrogen) atoms. The zero-order valence-corrected chi connectivity index (χ0v) is 13.1. The Kier molecular flexibility index (Phi) is 4.10. The van der Waals surface area contributed by atoms with Crippen LogP contribution in [0.3, 0.4) is 0 Å². The molecule has 1 aromatic carbocycles. The SMILES string of the molecule is Cn1cc(Br)cc1C(=O)Nc1cccc(C2OCCO2)c1. The van der Waals surface area contributed by atoms with Crippen LogP contribution in [0, 0.1) is 0 Å². The lowest BCUT2D eigenvalue weighted by Gasteiger charge is -2.11. The molecule has 6 heteroatoms. The molecule has 1 saturated heterocycles. The monoisotopic (exact) mass is 350 g/mol. The number of aromatic nitrogens is 1. The highest BCUT2D eigenvalue weighted by molar-refractivity contribution is 9.10. The van der Waals surface area contributed by atoms with Crippen LogP contribution >= 0.6 is 15.9 Å². The highest BCUT2D eigenvalue weighted by Crippen LogP contribution is 2.25. The van der Waals surface area contributed by atoms with Gasteiger partial charge in [-0.1, -0.05) is 12.1 Å². The Hall–Kier alpha value is -1.63. The van der Waals surface area contributed by atoms with Gasteiger partial charge in [0.05, 0.1) is 13.2 Å². The van der Waals surface area contributed by atoms with Gasteiger partial charge in [-0.05, 0) is 34.1 Å². The summed E-state index contributed by atoms with van der Waals surface area (Å²) in [5.74, 6) is -0.159. The second-order valence-corrected chi connectivity index (χ2v) is 5.72. The van der Waals surface area contributed by atoms with Crippen LogP contribution in [-0.2, 0) is 16.5 Å². The van der Waals surface area contributed by atoms with Crippen molar-refractivity contribution in [3.8, 4) is 0 Å². The van der Waals surface area contributed by atoms with Gasteiger partial charge in [0, 0.05) is 29.0 Å². The van der Waals surface area contributed by atoms with E-state index in [-0.39, 0.29) is 12.2 Å². The summed E-state index contributed by atoms with van der Waals surface area (Å²) in [6.07, 6.45) is 1.50. The van der Waals surface area contributed by atoms with E-state index in [4.69, 9.17) is 9.47 Å². The van der Waals surface area contributed by atoms with E-state index in [2.05, 4.69) is 21.2 Å². The second-order valence-electron chi connectivity index (χ2n) is 4.81. The van der Waals surface area contributed by atoms with Gasteiger partial charge < -0.3 is 19.4 Å². The molecular formula is C15H15BrN2O3. The molecule has 2 aromatic rings. The molecule has 5 nitrogen and oxygen atoms in total. The van der Waals surface area contributed by atoms with Gasteiger partial charge in [-0.2, -0.15) is 0 Å². The standard InChI is InChI=1S/C15H15BrN2O3/c1-18-9-11(16)8-13(18)14(19)17-12-4-2-3-10(7-12)15-20-5-6-21-15/h2-4,7-9,15H,5-6H2,1H3,(H,17,19). The summed E-state index contributed by atoms with van der Waals surface area (Å²) in [5.41, 5.74) is 2.20. The predicted molar refractivity (Wildman–Crippen MR) is 82.2 cm³/mol. The van der Waals surface area contributed by atoms with E-state index in [9.17, 15) is 4.79 Å². The molecule has 0 saturated carbocycles. The van der Waals surface area contributed by atoms with Crippen molar-refractivity contribution in [3.05, 3.63) is 52.3 Å².